The lowest BCUT2D eigenvalue weighted by Gasteiger charge is -2.08. The smallest absolute Gasteiger partial charge is 0.191 e. The number of benzene rings is 1. The van der Waals surface area contributed by atoms with E-state index in [2.05, 4.69) is 16.8 Å². The van der Waals surface area contributed by atoms with Gasteiger partial charge in [0.25, 0.3) is 0 Å². The molecule has 0 saturated carbocycles. The predicted molar refractivity (Wildman–Crippen MR) is 100 cm³/mol. The van der Waals surface area contributed by atoms with E-state index in [1.54, 1.807) is 18.0 Å². The number of nitrogens with zero attached hydrogens (tertiary/aromatic N) is 3. The molecule has 0 saturated heterocycles. The van der Waals surface area contributed by atoms with Gasteiger partial charge in [0.15, 0.2) is 11.0 Å². The Balaban J connectivity index is 1.64. The number of aromatic nitrogens is 3. The van der Waals surface area contributed by atoms with Gasteiger partial charge < -0.3 is 9.15 Å². The van der Waals surface area contributed by atoms with Gasteiger partial charge in [-0.1, -0.05) is 29.4 Å². The molecule has 5 nitrogen and oxygen atoms in total. The molecule has 0 fully saturated rings. The molecule has 3 aromatic rings. The second-order valence-electron chi connectivity index (χ2n) is 5.25. The number of hydrogen-bond donors (Lipinski definition) is 0. The van der Waals surface area contributed by atoms with Crippen molar-refractivity contribution >= 4 is 23.4 Å². The highest BCUT2D eigenvalue weighted by molar-refractivity contribution is 7.99. The summed E-state index contributed by atoms with van der Waals surface area (Å²) in [6, 6.07) is 9.23. The third kappa shape index (κ3) is 4.27. The Morgan fingerprint density at radius 1 is 1.28 bits per heavy atom. The first-order chi connectivity index (χ1) is 12.2. The molecule has 0 aliphatic carbocycles. The Morgan fingerprint density at radius 3 is 2.76 bits per heavy atom. The second kappa shape index (κ2) is 8.27. The third-order valence-corrected chi connectivity index (χ3v) is 4.71. The van der Waals surface area contributed by atoms with Gasteiger partial charge in [-0.05, 0) is 37.3 Å². The van der Waals surface area contributed by atoms with Crippen LogP contribution in [0.3, 0.4) is 0 Å². The van der Waals surface area contributed by atoms with Crippen molar-refractivity contribution in [2.24, 2.45) is 0 Å². The maximum Gasteiger partial charge on any atom is 0.191 e. The summed E-state index contributed by atoms with van der Waals surface area (Å²) in [6.45, 7) is 6.93. The van der Waals surface area contributed by atoms with Crippen LogP contribution in [0.4, 0.5) is 0 Å². The number of rotatable bonds is 8. The molecule has 0 atom stereocenters. The van der Waals surface area contributed by atoms with E-state index in [0.717, 1.165) is 33.8 Å². The Kier molecular flexibility index (Phi) is 5.83. The zero-order valence-corrected chi connectivity index (χ0v) is 15.4. The monoisotopic (exact) mass is 375 g/mol. The zero-order valence-electron chi connectivity index (χ0n) is 13.8. The highest BCUT2D eigenvalue weighted by Gasteiger charge is 2.16. The van der Waals surface area contributed by atoms with Gasteiger partial charge >= 0.3 is 0 Å². The van der Waals surface area contributed by atoms with Crippen molar-refractivity contribution in [2.75, 3.05) is 12.4 Å². The van der Waals surface area contributed by atoms with Gasteiger partial charge in [0, 0.05) is 17.3 Å². The van der Waals surface area contributed by atoms with Crippen LogP contribution >= 0.6 is 23.4 Å². The van der Waals surface area contributed by atoms with Gasteiger partial charge in [0.05, 0.1) is 18.4 Å². The van der Waals surface area contributed by atoms with E-state index in [0.29, 0.717) is 18.2 Å². The number of aryl methyl sites for hydroxylation is 1. The fraction of sp³-hybridized carbons (Fsp3) is 0.222. The van der Waals surface area contributed by atoms with Crippen molar-refractivity contribution in [1.82, 2.24) is 14.8 Å². The normalized spacial score (nSPS) is 10.8. The maximum absolute atomic E-state index is 5.86. The fourth-order valence-electron chi connectivity index (χ4n) is 2.33. The van der Waals surface area contributed by atoms with E-state index in [4.69, 9.17) is 20.8 Å². The Labute approximate surface area is 155 Å². The SMILES string of the molecule is C=CCn1c(SCCOc2ccc(Cl)cc2)nnc1-c1ccoc1C. The molecule has 0 amide bonds. The summed E-state index contributed by atoms with van der Waals surface area (Å²) in [5.41, 5.74) is 0.943. The highest BCUT2D eigenvalue weighted by atomic mass is 35.5. The van der Waals surface area contributed by atoms with Crippen LogP contribution < -0.4 is 4.74 Å². The van der Waals surface area contributed by atoms with Crippen LogP contribution in [0, 0.1) is 6.92 Å². The molecule has 1 aromatic carbocycles. The summed E-state index contributed by atoms with van der Waals surface area (Å²) in [4.78, 5) is 0. The van der Waals surface area contributed by atoms with Crippen molar-refractivity contribution < 1.29 is 9.15 Å². The lowest BCUT2D eigenvalue weighted by molar-refractivity contribution is 0.344. The molecule has 0 spiro atoms. The van der Waals surface area contributed by atoms with Crippen LogP contribution in [0.1, 0.15) is 5.76 Å². The Morgan fingerprint density at radius 2 is 2.08 bits per heavy atom. The van der Waals surface area contributed by atoms with Gasteiger partial charge in [-0.3, -0.25) is 4.57 Å². The Bertz CT molecular complexity index is 842. The van der Waals surface area contributed by atoms with Crippen molar-refractivity contribution in [3.05, 3.63) is 60.0 Å². The topological polar surface area (TPSA) is 53.1 Å². The summed E-state index contributed by atoms with van der Waals surface area (Å²) in [5, 5.41) is 10.1. The minimum Gasteiger partial charge on any atom is -0.493 e. The minimum atomic E-state index is 0.563. The number of furan rings is 1. The molecule has 3 rings (SSSR count). The van der Waals surface area contributed by atoms with Crippen molar-refractivity contribution in [2.45, 2.75) is 18.6 Å². The first-order valence-electron chi connectivity index (χ1n) is 7.78. The molecule has 7 heteroatoms. The molecule has 2 heterocycles. The maximum atomic E-state index is 5.86. The molecular formula is C18H18ClN3O2S. The number of hydrogen-bond acceptors (Lipinski definition) is 5. The van der Waals surface area contributed by atoms with E-state index in [1.165, 1.54) is 0 Å². The summed E-state index contributed by atoms with van der Waals surface area (Å²) >= 11 is 7.46. The molecule has 2 aromatic heterocycles. The number of thioether (sulfide) groups is 1. The largest absolute Gasteiger partial charge is 0.493 e. The lowest BCUT2D eigenvalue weighted by atomic mass is 10.2. The number of halogens is 1. The van der Waals surface area contributed by atoms with Gasteiger partial charge in [0.2, 0.25) is 0 Å². The molecule has 130 valence electrons. The first-order valence-corrected chi connectivity index (χ1v) is 9.15. The molecule has 0 bridgehead atoms. The van der Waals surface area contributed by atoms with Crippen LogP contribution in [0.15, 0.2) is 58.8 Å². The molecule has 0 N–H and O–H groups in total. The summed E-state index contributed by atoms with van der Waals surface area (Å²) < 4.78 is 13.1. The van der Waals surface area contributed by atoms with Crippen LogP contribution in [0.2, 0.25) is 5.02 Å². The van der Waals surface area contributed by atoms with Gasteiger partial charge in [0.1, 0.15) is 11.5 Å². The molecular weight excluding hydrogens is 358 g/mol. The highest BCUT2D eigenvalue weighted by Crippen LogP contribution is 2.27. The molecule has 0 radical (unpaired) electrons. The van der Waals surface area contributed by atoms with Crippen molar-refractivity contribution in [3.63, 3.8) is 0 Å². The zero-order chi connectivity index (χ0) is 17.6. The van der Waals surface area contributed by atoms with Gasteiger partial charge in [-0.25, -0.2) is 0 Å². The summed E-state index contributed by atoms with van der Waals surface area (Å²) in [7, 11) is 0. The predicted octanol–water partition coefficient (Wildman–Crippen LogP) is 4.86. The Hall–Kier alpha value is -2.18. The molecule has 25 heavy (non-hydrogen) atoms. The van der Waals surface area contributed by atoms with E-state index in [1.807, 2.05) is 47.9 Å². The average molecular weight is 376 g/mol. The summed E-state index contributed by atoms with van der Waals surface area (Å²) in [5.74, 6) is 3.15. The van der Waals surface area contributed by atoms with Crippen LogP contribution in [-0.4, -0.2) is 27.1 Å². The second-order valence-corrected chi connectivity index (χ2v) is 6.75. The quantitative estimate of drug-likeness (QED) is 0.320. The van der Waals surface area contributed by atoms with Crippen LogP contribution in [0.5, 0.6) is 5.75 Å². The number of allylic oxidation sites excluding steroid dienone is 1. The van der Waals surface area contributed by atoms with Crippen LogP contribution in [0.25, 0.3) is 11.4 Å². The van der Waals surface area contributed by atoms with E-state index in [-0.39, 0.29) is 0 Å². The number of ether oxygens (including phenoxy) is 1. The van der Waals surface area contributed by atoms with Gasteiger partial charge in [-0.15, -0.1) is 16.8 Å². The minimum absolute atomic E-state index is 0.563. The summed E-state index contributed by atoms with van der Waals surface area (Å²) in [6.07, 6.45) is 3.49. The third-order valence-electron chi connectivity index (χ3n) is 3.53. The van der Waals surface area contributed by atoms with Crippen molar-refractivity contribution in [1.29, 1.82) is 0 Å². The van der Waals surface area contributed by atoms with E-state index in [9.17, 15) is 0 Å². The fourth-order valence-corrected chi connectivity index (χ4v) is 3.22. The molecule has 0 aliphatic heterocycles. The van der Waals surface area contributed by atoms with Crippen LogP contribution in [-0.2, 0) is 6.54 Å². The molecule has 0 aliphatic rings. The van der Waals surface area contributed by atoms with E-state index >= 15 is 0 Å². The molecule has 0 unspecified atom stereocenters. The average Bonchev–Trinajstić information content (AvgIpc) is 3.20. The van der Waals surface area contributed by atoms with Crippen molar-refractivity contribution in [3.8, 4) is 17.1 Å². The van der Waals surface area contributed by atoms with Gasteiger partial charge in [-0.2, -0.15) is 0 Å². The first kappa shape index (κ1) is 17.6. The standard InChI is InChI=1S/C18H18ClN3O2S/c1-3-9-22-17(16-8-10-23-13(16)2)20-21-18(22)25-12-11-24-15-6-4-14(19)5-7-15/h3-8,10H,1,9,11-12H2,2H3. The lowest BCUT2D eigenvalue weighted by Crippen LogP contribution is -2.04. The van der Waals surface area contributed by atoms with E-state index < -0.39 is 0 Å².